The lowest BCUT2D eigenvalue weighted by atomic mass is 9.95. The van der Waals surface area contributed by atoms with Crippen LogP contribution in [0.25, 0.3) is 0 Å². The number of carbonyl (C=O) groups is 1. The Kier molecular flexibility index (Phi) is 2.07. The largest absolute Gasteiger partial charge is 0.481 e. The van der Waals surface area contributed by atoms with Crippen LogP contribution in [0.1, 0.15) is 32.1 Å². The first-order chi connectivity index (χ1) is 5.70. The van der Waals surface area contributed by atoms with Crippen LogP contribution in [0.15, 0.2) is 0 Å². The number of aliphatic carboxylic acids is 1. The molecule has 1 saturated carbocycles. The van der Waals surface area contributed by atoms with Crippen molar-refractivity contribution in [2.45, 2.75) is 36.9 Å². The Morgan fingerprint density at radius 2 is 2.33 bits per heavy atom. The van der Waals surface area contributed by atoms with E-state index in [-0.39, 0.29) is 0 Å². The third-order valence-electron chi connectivity index (χ3n) is 2.87. The zero-order valence-electron chi connectivity index (χ0n) is 7.08. The molecule has 1 heterocycles. The van der Waals surface area contributed by atoms with Gasteiger partial charge in [-0.3, -0.25) is 4.79 Å². The van der Waals surface area contributed by atoms with Crippen LogP contribution in [0.3, 0.4) is 0 Å². The lowest BCUT2D eigenvalue weighted by Crippen LogP contribution is -2.21. The molecular weight excluding hydrogens is 172 g/mol. The van der Waals surface area contributed by atoms with Crippen molar-refractivity contribution >= 4 is 17.7 Å². The van der Waals surface area contributed by atoms with Crippen LogP contribution in [-0.4, -0.2) is 21.6 Å². The summed E-state index contributed by atoms with van der Waals surface area (Å²) in [6.45, 7) is 0. The van der Waals surface area contributed by atoms with E-state index in [4.69, 9.17) is 5.11 Å². The van der Waals surface area contributed by atoms with Gasteiger partial charge in [-0.05, 0) is 37.4 Å². The zero-order valence-corrected chi connectivity index (χ0v) is 7.90. The summed E-state index contributed by atoms with van der Waals surface area (Å²) in [6.07, 6.45) is 5.31. The second-order valence-electron chi connectivity index (χ2n) is 3.99. The summed E-state index contributed by atoms with van der Waals surface area (Å²) in [5.41, 5.74) is 0. The number of thioether (sulfide) groups is 1. The second-order valence-corrected chi connectivity index (χ2v) is 5.55. The molecule has 0 radical (unpaired) electrons. The van der Waals surface area contributed by atoms with Crippen LogP contribution in [0, 0.1) is 5.92 Å². The van der Waals surface area contributed by atoms with E-state index in [1.54, 1.807) is 0 Å². The summed E-state index contributed by atoms with van der Waals surface area (Å²) in [7, 11) is 0. The minimum Gasteiger partial charge on any atom is -0.481 e. The van der Waals surface area contributed by atoms with Gasteiger partial charge in [0.1, 0.15) is 0 Å². The fourth-order valence-electron chi connectivity index (χ4n) is 2.04. The normalized spacial score (nSPS) is 31.8. The van der Waals surface area contributed by atoms with Crippen molar-refractivity contribution in [2.75, 3.05) is 5.75 Å². The van der Waals surface area contributed by atoms with Gasteiger partial charge in [-0.15, -0.1) is 0 Å². The van der Waals surface area contributed by atoms with Crippen molar-refractivity contribution in [1.29, 1.82) is 0 Å². The van der Waals surface area contributed by atoms with Crippen LogP contribution in [0.2, 0.25) is 0 Å². The van der Waals surface area contributed by atoms with E-state index in [1.165, 1.54) is 18.6 Å². The van der Waals surface area contributed by atoms with Gasteiger partial charge in [-0.1, -0.05) is 0 Å². The maximum atomic E-state index is 10.5. The van der Waals surface area contributed by atoms with Crippen LogP contribution in [-0.2, 0) is 4.79 Å². The van der Waals surface area contributed by atoms with Crippen molar-refractivity contribution in [3.05, 3.63) is 0 Å². The third kappa shape index (κ3) is 1.76. The molecule has 1 atom stereocenters. The molecule has 0 aromatic rings. The molecule has 3 heteroatoms. The van der Waals surface area contributed by atoms with Crippen LogP contribution in [0.5, 0.6) is 0 Å². The minimum absolute atomic E-state index is 0.391. The number of hydrogen-bond acceptors (Lipinski definition) is 2. The zero-order chi connectivity index (χ0) is 8.60. The van der Waals surface area contributed by atoms with Crippen molar-refractivity contribution in [3.8, 4) is 0 Å². The highest BCUT2D eigenvalue weighted by atomic mass is 32.2. The maximum Gasteiger partial charge on any atom is 0.303 e. The molecule has 2 fully saturated rings. The third-order valence-corrected chi connectivity index (χ3v) is 4.49. The molecule has 0 bridgehead atoms. The number of carboxylic acids is 1. The standard InChI is InChI=1S/C9H14O2S/c10-8(11)5-7-1-4-12-9(6-7)2-3-9/h7H,1-6H2,(H,10,11). The minimum atomic E-state index is -0.622. The lowest BCUT2D eigenvalue weighted by Gasteiger charge is -2.27. The van der Waals surface area contributed by atoms with E-state index in [9.17, 15) is 4.79 Å². The fourth-order valence-corrected chi connectivity index (χ4v) is 3.67. The van der Waals surface area contributed by atoms with Gasteiger partial charge < -0.3 is 5.11 Å². The van der Waals surface area contributed by atoms with E-state index in [0.717, 1.165) is 12.8 Å². The van der Waals surface area contributed by atoms with Gasteiger partial charge in [0, 0.05) is 11.2 Å². The van der Waals surface area contributed by atoms with Gasteiger partial charge in [0.2, 0.25) is 0 Å². The Morgan fingerprint density at radius 3 is 2.92 bits per heavy atom. The highest BCUT2D eigenvalue weighted by Crippen LogP contribution is 2.56. The van der Waals surface area contributed by atoms with E-state index >= 15 is 0 Å². The first kappa shape index (κ1) is 8.42. The maximum absolute atomic E-state index is 10.5. The molecule has 0 amide bonds. The van der Waals surface area contributed by atoms with Gasteiger partial charge in [0.15, 0.2) is 0 Å². The van der Waals surface area contributed by atoms with E-state index < -0.39 is 5.97 Å². The van der Waals surface area contributed by atoms with Gasteiger partial charge in [-0.25, -0.2) is 0 Å². The monoisotopic (exact) mass is 186 g/mol. The highest BCUT2D eigenvalue weighted by Gasteiger charge is 2.46. The van der Waals surface area contributed by atoms with Crippen molar-refractivity contribution in [3.63, 3.8) is 0 Å². The van der Waals surface area contributed by atoms with E-state index in [1.807, 2.05) is 0 Å². The Labute approximate surface area is 76.7 Å². The Balaban J connectivity index is 1.86. The molecule has 0 aromatic carbocycles. The van der Waals surface area contributed by atoms with Gasteiger partial charge in [-0.2, -0.15) is 11.8 Å². The summed E-state index contributed by atoms with van der Waals surface area (Å²) in [5, 5.41) is 8.65. The quantitative estimate of drug-likeness (QED) is 0.718. The smallest absolute Gasteiger partial charge is 0.303 e. The molecule has 1 spiro atoms. The molecular formula is C9H14O2S. The molecule has 0 aromatic heterocycles. The van der Waals surface area contributed by atoms with Crippen molar-refractivity contribution < 1.29 is 9.90 Å². The predicted octanol–water partition coefficient (Wildman–Crippen LogP) is 2.14. The van der Waals surface area contributed by atoms with Gasteiger partial charge in [0.25, 0.3) is 0 Å². The Bertz CT molecular complexity index is 199. The highest BCUT2D eigenvalue weighted by molar-refractivity contribution is 8.01. The SMILES string of the molecule is O=C(O)CC1CCSC2(CC2)C1. The van der Waals surface area contributed by atoms with Gasteiger partial charge in [0.05, 0.1) is 0 Å². The predicted molar refractivity (Wildman–Crippen MR) is 49.4 cm³/mol. The van der Waals surface area contributed by atoms with Crippen molar-refractivity contribution in [1.82, 2.24) is 0 Å². The Hall–Kier alpha value is -0.180. The van der Waals surface area contributed by atoms with Crippen LogP contribution in [0.4, 0.5) is 0 Å². The first-order valence-corrected chi connectivity index (χ1v) is 5.55. The van der Waals surface area contributed by atoms with Crippen molar-refractivity contribution in [2.24, 2.45) is 5.92 Å². The molecule has 2 nitrogen and oxygen atoms in total. The molecule has 1 saturated heterocycles. The Morgan fingerprint density at radius 1 is 1.58 bits per heavy atom. The van der Waals surface area contributed by atoms with Crippen LogP contribution < -0.4 is 0 Å². The number of hydrogen-bond donors (Lipinski definition) is 1. The summed E-state index contributed by atoms with van der Waals surface area (Å²) in [5.74, 6) is 1.02. The molecule has 12 heavy (non-hydrogen) atoms. The van der Waals surface area contributed by atoms with E-state index in [2.05, 4.69) is 11.8 Å². The second kappa shape index (κ2) is 2.95. The lowest BCUT2D eigenvalue weighted by molar-refractivity contribution is -0.138. The molecule has 2 aliphatic rings. The number of rotatable bonds is 2. The number of carboxylic acid groups (broad SMARTS) is 1. The average molecular weight is 186 g/mol. The van der Waals surface area contributed by atoms with Gasteiger partial charge >= 0.3 is 5.97 Å². The molecule has 1 unspecified atom stereocenters. The summed E-state index contributed by atoms with van der Waals surface area (Å²) >= 11 is 2.07. The summed E-state index contributed by atoms with van der Waals surface area (Å²) in [4.78, 5) is 10.5. The first-order valence-electron chi connectivity index (χ1n) is 4.56. The average Bonchev–Trinajstić information content (AvgIpc) is 2.68. The topological polar surface area (TPSA) is 37.3 Å². The fraction of sp³-hybridized carbons (Fsp3) is 0.889. The summed E-state index contributed by atoms with van der Waals surface area (Å²) in [6, 6.07) is 0. The van der Waals surface area contributed by atoms with Crippen LogP contribution >= 0.6 is 11.8 Å². The summed E-state index contributed by atoms with van der Waals surface area (Å²) < 4.78 is 0.540. The molecule has 2 rings (SSSR count). The molecule has 1 aliphatic heterocycles. The van der Waals surface area contributed by atoms with E-state index in [0.29, 0.717) is 17.1 Å². The molecule has 1 aliphatic carbocycles. The molecule has 1 N–H and O–H groups in total. The molecule has 68 valence electrons.